The summed E-state index contributed by atoms with van der Waals surface area (Å²) in [6.45, 7) is 0.243. The van der Waals surface area contributed by atoms with Gasteiger partial charge in [-0.05, 0) is 48.5 Å². The number of furan rings is 1. The first-order valence-corrected chi connectivity index (χ1v) is 9.19. The Morgan fingerprint density at radius 3 is 2.71 bits per heavy atom. The number of alkyl halides is 3. The van der Waals surface area contributed by atoms with Crippen LogP contribution in [0.1, 0.15) is 21.7 Å². The molecule has 4 aromatic rings. The second kappa shape index (κ2) is 7.08. The molecule has 1 amide bonds. The number of amides is 1. The molecule has 0 radical (unpaired) electrons. The maximum atomic E-state index is 13.1. The number of carbonyl (C=O) groups is 1. The lowest BCUT2D eigenvalue weighted by molar-refractivity contribution is -0.137. The molecule has 5 rings (SSSR count). The van der Waals surface area contributed by atoms with E-state index in [1.165, 1.54) is 18.4 Å². The third-order valence-corrected chi connectivity index (χ3v) is 4.83. The lowest BCUT2D eigenvalue weighted by atomic mass is 10.2. The monoisotopic (exact) mass is 429 g/mol. The molecule has 3 heterocycles. The van der Waals surface area contributed by atoms with Crippen LogP contribution in [0.2, 0.25) is 0 Å². The second-order valence-electron chi connectivity index (χ2n) is 6.82. The van der Waals surface area contributed by atoms with E-state index >= 15 is 0 Å². The highest BCUT2D eigenvalue weighted by molar-refractivity contribution is 6.04. The molecule has 2 aromatic heterocycles. The van der Waals surface area contributed by atoms with Gasteiger partial charge in [-0.3, -0.25) is 10.1 Å². The molecule has 1 aliphatic rings. The van der Waals surface area contributed by atoms with E-state index in [9.17, 15) is 18.0 Å². The van der Waals surface area contributed by atoms with Crippen LogP contribution in [0.5, 0.6) is 11.5 Å². The van der Waals surface area contributed by atoms with Gasteiger partial charge in [0.05, 0.1) is 29.4 Å². The van der Waals surface area contributed by atoms with Crippen molar-refractivity contribution in [1.29, 1.82) is 0 Å². The van der Waals surface area contributed by atoms with E-state index in [4.69, 9.17) is 13.9 Å². The summed E-state index contributed by atoms with van der Waals surface area (Å²) < 4.78 is 56.8. The van der Waals surface area contributed by atoms with Gasteiger partial charge in [-0.2, -0.15) is 13.2 Å². The standard InChI is InChI=1S/C21H14F3N3O4/c22-21(23,24)13-4-5-16-15(9-13)25-20(27(16)10-14-2-1-7-29-14)26-19(28)12-3-6-17-18(8-12)31-11-30-17/h1-9H,10-11H2,(H,25,26,28). The van der Waals surface area contributed by atoms with Crippen LogP contribution in [0.4, 0.5) is 19.1 Å². The molecule has 7 nitrogen and oxygen atoms in total. The molecule has 10 heteroatoms. The highest BCUT2D eigenvalue weighted by atomic mass is 19.4. The predicted octanol–water partition coefficient (Wildman–Crippen LogP) is 4.68. The first-order valence-electron chi connectivity index (χ1n) is 9.19. The Bertz CT molecular complexity index is 1280. The van der Waals surface area contributed by atoms with E-state index in [1.807, 2.05) is 0 Å². The molecule has 0 saturated heterocycles. The van der Waals surface area contributed by atoms with Gasteiger partial charge in [0.2, 0.25) is 12.7 Å². The van der Waals surface area contributed by atoms with E-state index in [0.717, 1.165) is 12.1 Å². The minimum Gasteiger partial charge on any atom is -0.467 e. The second-order valence-corrected chi connectivity index (χ2v) is 6.82. The normalized spacial score (nSPS) is 13.0. The minimum atomic E-state index is -4.51. The number of nitrogens with zero attached hydrogens (tertiary/aromatic N) is 2. The van der Waals surface area contributed by atoms with Crippen molar-refractivity contribution in [3.05, 3.63) is 71.7 Å². The summed E-state index contributed by atoms with van der Waals surface area (Å²) in [5.74, 6) is 1.12. The quantitative estimate of drug-likeness (QED) is 0.510. The van der Waals surface area contributed by atoms with E-state index in [2.05, 4.69) is 10.3 Å². The minimum absolute atomic E-state index is 0.0703. The molecule has 0 aliphatic carbocycles. The van der Waals surface area contributed by atoms with Crippen LogP contribution in [0, 0.1) is 0 Å². The molecule has 2 aromatic carbocycles. The molecule has 31 heavy (non-hydrogen) atoms. The number of anilines is 1. The Morgan fingerprint density at radius 2 is 1.94 bits per heavy atom. The number of aromatic nitrogens is 2. The molecular weight excluding hydrogens is 415 g/mol. The lowest BCUT2D eigenvalue weighted by Gasteiger charge is -2.10. The summed E-state index contributed by atoms with van der Waals surface area (Å²) in [5.41, 5.74) is -0.0131. The fourth-order valence-corrected chi connectivity index (χ4v) is 3.33. The van der Waals surface area contributed by atoms with Crippen molar-refractivity contribution in [3.8, 4) is 11.5 Å². The molecule has 0 saturated carbocycles. The van der Waals surface area contributed by atoms with E-state index < -0.39 is 17.6 Å². The molecule has 0 unspecified atom stereocenters. The maximum Gasteiger partial charge on any atom is 0.416 e. The number of carbonyl (C=O) groups excluding carboxylic acids is 1. The molecule has 0 spiro atoms. The number of ether oxygens (including phenoxy) is 2. The van der Waals surface area contributed by atoms with Crippen molar-refractivity contribution in [3.63, 3.8) is 0 Å². The zero-order valence-corrected chi connectivity index (χ0v) is 15.8. The highest BCUT2D eigenvalue weighted by Gasteiger charge is 2.31. The van der Waals surface area contributed by atoms with Crippen LogP contribution in [-0.4, -0.2) is 22.3 Å². The molecule has 1 aliphatic heterocycles. The summed E-state index contributed by atoms with van der Waals surface area (Å²) >= 11 is 0. The first kappa shape index (κ1) is 19.0. The Morgan fingerprint density at radius 1 is 1.10 bits per heavy atom. The van der Waals surface area contributed by atoms with Gasteiger partial charge in [0.1, 0.15) is 5.76 Å². The molecule has 0 bridgehead atoms. The van der Waals surface area contributed by atoms with Crippen molar-refractivity contribution in [2.45, 2.75) is 12.7 Å². The Balaban J connectivity index is 1.53. The van der Waals surface area contributed by atoms with Gasteiger partial charge in [0, 0.05) is 5.56 Å². The molecule has 0 fully saturated rings. The predicted molar refractivity (Wildman–Crippen MR) is 103 cm³/mol. The van der Waals surface area contributed by atoms with Crippen LogP contribution < -0.4 is 14.8 Å². The van der Waals surface area contributed by atoms with Gasteiger partial charge in [0.25, 0.3) is 5.91 Å². The number of imidazole rings is 1. The highest BCUT2D eigenvalue weighted by Crippen LogP contribution is 2.34. The number of rotatable bonds is 4. The third-order valence-electron chi connectivity index (χ3n) is 4.83. The van der Waals surface area contributed by atoms with Gasteiger partial charge in [-0.25, -0.2) is 4.98 Å². The zero-order chi connectivity index (χ0) is 21.6. The molecule has 1 N–H and O–H groups in total. The van der Waals surface area contributed by atoms with E-state index in [1.54, 1.807) is 28.8 Å². The van der Waals surface area contributed by atoms with Gasteiger partial charge in [0.15, 0.2) is 11.5 Å². The number of benzene rings is 2. The number of nitrogens with one attached hydrogen (secondary N) is 1. The number of hydrogen-bond donors (Lipinski definition) is 1. The molecular formula is C21H14F3N3O4. The fourth-order valence-electron chi connectivity index (χ4n) is 3.33. The number of hydrogen-bond acceptors (Lipinski definition) is 5. The van der Waals surface area contributed by atoms with Crippen molar-refractivity contribution in [2.75, 3.05) is 12.1 Å². The van der Waals surface area contributed by atoms with Gasteiger partial charge in [-0.15, -0.1) is 0 Å². The largest absolute Gasteiger partial charge is 0.467 e. The van der Waals surface area contributed by atoms with Crippen molar-refractivity contribution in [2.24, 2.45) is 0 Å². The van der Waals surface area contributed by atoms with Crippen molar-refractivity contribution in [1.82, 2.24) is 9.55 Å². The SMILES string of the molecule is O=C(Nc1nc2cc(C(F)(F)F)ccc2n1Cc1ccco1)c1ccc2c(c1)OCO2. The molecule has 158 valence electrons. The Hall–Kier alpha value is -3.95. The lowest BCUT2D eigenvalue weighted by Crippen LogP contribution is -2.16. The van der Waals surface area contributed by atoms with Crippen LogP contribution in [0.3, 0.4) is 0 Å². The maximum absolute atomic E-state index is 13.1. The summed E-state index contributed by atoms with van der Waals surface area (Å²) in [6.07, 6.45) is -3.02. The van der Waals surface area contributed by atoms with Gasteiger partial charge >= 0.3 is 6.18 Å². The Labute approximate surface area is 173 Å². The number of fused-ring (bicyclic) bond motifs is 2. The molecule has 0 atom stereocenters. The summed E-state index contributed by atoms with van der Waals surface area (Å²) in [4.78, 5) is 17.0. The van der Waals surface area contributed by atoms with Gasteiger partial charge < -0.3 is 18.5 Å². The van der Waals surface area contributed by atoms with E-state index in [-0.39, 0.29) is 30.4 Å². The van der Waals surface area contributed by atoms with Crippen LogP contribution in [0.25, 0.3) is 11.0 Å². The topological polar surface area (TPSA) is 78.5 Å². The smallest absolute Gasteiger partial charge is 0.416 e. The summed E-state index contributed by atoms with van der Waals surface area (Å²) in [6, 6.07) is 11.4. The third kappa shape index (κ3) is 3.56. The number of halogens is 3. The first-order chi connectivity index (χ1) is 14.9. The van der Waals surface area contributed by atoms with E-state index in [0.29, 0.717) is 22.8 Å². The average Bonchev–Trinajstić information content (AvgIpc) is 3.47. The van der Waals surface area contributed by atoms with Crippen LogP contribution in [0.15, 0.2) is 59.2 Å². The average molecular weight is 429 g/mol. The van der Waals surface area contributed by atoms with Gasteiger partial charge in [-0.1, -0.05) is 0 Å². The van der Waals surface area contributed by atoms with Crippen molar-refractivity contribution < 1.29 is 31.9 Å². The summed E-state index contributed by atoms with van der Waals surface area (Å²) in [7, 11) is 0. The zero-order valence-electron chi connectivity index (χ0n) is 15.8. The van der Waals surface area contributed by atoms with Crippen molar-refractivity contribution >= 4 is 22.9 Å². The summed E-state index contributed by atoms with van der Waals surface area (Å²) in [5, 5.41) is 2.67. The fraction of sp³-hybridized carbons (Fsp3) is 0.143. The van der Waals surface area contributed by atoms with Crippen LogP contribution in [-0.2, 0) is 12.7 Å². The Kier molecular flexibility index (Phi) is 4.35. The van der Waals surface area contributed by atoms with Crippen LogP contribution >= 0.6 is 0 Å².